The number of hydrogen-bond acceptors (Lipinski definition) is 1. The minimum atomic E-state index is 0.246. The van der Waals surface area contributed by atoms with Gasteiger partial charge in [-0.05, 0) is 47.3 Å². The topological polar surface area (TPSA) is 17.1 Å². The number of fused-ring (bicyclic) bond motifs is 1. The lowest BCUT2D eigenvalue weighted by atomic mass is 9.49. The molecule has 0 heterocycles. The molecule has 3 aliphatic carbocycles. The second kappa shape index (κ2) is 2.73. The first-order chi connectivity index (χ1) is 7.30. The summed E-state index contributed by atoms with van der Waals surface area (Å²) in [5.41, 5.74) is 1.15. The van der Waals surface area contributed by atoms with Gasteiger partial charge in [-0.25, -0.2) is 0 Å². The predicted octanol–water partition coefficient (Wildman–Crippen LogP) is 3.82. The minimum Gasteiger partial charge on any atom is -0.300 e. The highest BCUT2D eigenvalue weighted by atomic mass is 16.1. The van der Waals surface area contributed by atoms with Crippen molar-refractivity contribution in [2.24, 2.45) is 28.1 Å². The van der Waals surface area contributed by atoms with Crippen LogP contribution in [0.15, 0.2) is 0 Å². The molecular weight excluding hydrogens is 196 g/mol. The predicted molar refractivity (Wildman–Crippen MR) is 65.1 cm³/mol. The van der Waals surface area contributed by atoms with E-state index in [2.05, 4.69) is 27.7 Å². The Kier molecular flexibility index (Phi) is 1.85. The van der Waals surface area contributed by atoms with Crippen LogP contribution in [0.3, 0.4) is 0 Å². The molecule has 2 bridgehead atoms. The lowest BCUT2D eigenvalue weighted by Gasteiger charge is -2.55. The molecular formula is C15H24O. The normalized spacial score (nSPS) is 48.1. The van der Waals surface area contributed by atoms with E-state index in [1.807, 2.05) is 0 Å². The Morgan fingerprint density at radius 2 is 1.88 bits per heavy atom. The van der Waals surface area contributed by atoms with E-state index in [0.29, 0.717) is 22.5 Å². The van der Waals surface area contributed by atoms with Gasteiger partial charge in [0.15, 0.2) is 0 Å². The molecule has 0 amide bonds. The van der Waals surface area contributed by atoms with Crippen molar-refractivity contribution in [2.75, 3.05) is 0 Å². The van der Waals surface area contributed by atoms with Crippen LogP contribution in [-0.4, -0.2) is 5.78 Å². The third-order valence-corrected chi connectivity index (χ3v) is 6.59. The molecule has 2 unspecified atom stereocenters. The van der Waals surface area contributed by atoms with Crippen LogP contribution in [0.5, 0.6) is 0 Å². The summed E-state index contributed by atoms with van der Waals surface area (Å²) in [5, 5.41) is 0. The third-order valence-electron chi connectivity index (χ3n) is 6.59. The molecule has 0 aliphatic heterocycles. The van der Waals surface area contributed by atoms with E-state index in [-0.39, 0.29) is 5.41 Å². The molecule has 3 aliphatic rings. The summed E-state index contributed by atoms with van der Waals surface area (Å²) in [6.45, 7) is 9.53. The van der Waals surface area contributed by atoms with Gasteiger partial charge in [0.2, 0.25) is 0 Å². The van der Waals surface area contributed by atoms with Gasteiger partial charge >= 0.3 is 0 Å². The average molecular weight is 220 g/mol. The highest BCUT2D eigenvalue weighted by Gasteiger charge is 2.68. The monoisotopic (exact) mass is 220 g/mol. The van der Waals surface area contributed by atoms with E-state index in [1.54, 1.807) is 0 Å². The van der Waals surface area contributed by atoms with Gasteiger partial charge < -0.3 is 0 Å². The number of rotatable bonds is 0. The van der Waals surface area contributed by atoms with Crippen molar-refractivity contribution in [3.05, 3.63) is 0 Å². The maximum atomic E-state index is 12.0. The molecule has 3 atom stereocenters. The van der Waals surface area contributed by atoms with Gasteiger partial charge in [0, 0.05) is 12.8 Å². The summed E-state index contributed by atoms with van der Waals surface area (Å²) in [7, 11) is 0. The molecule has 0 aromatic heterocycles. The fourth-order valence-corrected chi connectivity index (χ4v) is 5.54. The Morgan fingerprint density at radius 3 is 2.56 bits per heavy atom. The molecule has 0 aromatic carbocycles. The van der Waals surface area contributed by atoms with E-state index in [0.717, 1.165) is 18.8 Å². The van der Waals surface area contributed by atoms with Crippen molar-refractivity contribution in [1.29, 1.82) is 0 Å². The van der Waals surface area contributed by atoms with E-state index < -0.39 is 0 Å². The van der Waals surface area contributed by atoms with E-state index in [4.69, 9.17) is 0 Å². The van der Waals surface area contributed by atoms with Crippen LogP contribution in [0.4, 0.5) is 0 Å². The van der Waals surface area contributed by atoms with Crippen LogP contribution in [0.2, 0.25) is 0 Å². The number of ketones is 1. The molecule has 3 fully saturated rings. The van der Waals surface area contributed by atoms with Gasteiger partial charge in [-0.3, -0.25) is 4.79 Å². The number of hydrogen-bond donors (Lipinski definition) is 0. The Balaban J connectivity index is 2.10. The van der Waals surface area contributed by atoms with Crippen molar-refractivity contribution in [1.82, 2.24) is 0 Å². The fraction of sp³-hybridized carbons (Fsp3) is 0.933. The third kappa shape index (κ3) is 1.01. The largest absolute Gasteiger partial charge is 0.300 e. The smallest absolute Gasteiger partial charge is 0.133 e. The zero-order chi connectivity index (χ0) is 11.8. The standard InChI is InChI=1S/C15H24O/c1-13(2)9-11(16)7-12-14(3,4)10-5-6-15(12,13)8-10/h10,12H,5-9H2,1-4H3/t10?,12-,15?/m1/s1. The molecule has 1 spiro atoms. The first kappa shape index (κ1) is 10.8. The summed E-state index contributed by atoms with van der Waals surface area (Å²) < 4.78 is 0. The molecule has 0 aromatic rings. The maximum absolute atomic E-state index is 12.0. The van der Waals surface area contributed by atoms with Gasteiger partial charge in [0.1, 0.15) is 5.78 Å². The molecule has 90 valence electrons. The van der Waals surface area contributed by atoms with Crippen LogP contribution >= 0.6 is 0 Å². The molecule has 1 nitrogen and oxygen atoms in total. The second-order valence-electron chi connectivity index (χ2n) is 7.77. The Morgan fingerprint density at radius 1 is 1.19 bits per heavy atom. The SMILES string of the molecule is CC1(C)C2CCC3(C2)[C@@H]1CC(=O)CC3(C)C. The lowest BCUT2D eigenvalue weighted by molar-refractivity contribution is -0.139. The fourth-order valence-electron chi connectivity index (χ4n) is 5.54. The molecule has 16 heavy (non-hydrogen) atoms. The highest BCUT2D eigenvalue weighted by Crippen LogP contribution is 2.74. The molecule has 0 radical (unpaired) electrons. The zero-order valence-electron chi connectivity index (χ0n) is 11.1. The van der Waals surface area contributed by atoms with Crippen molar-refractivity contribution < 1.29 is 4.79 Å². The minimum absolute atomic E-state index is 0.246. The van der Waals surface area contributed by atoms with Crippen LogP contribution in [0, 0.1) is 28.1 Å². The highest BCUT2D eigenvalue weighted by molar-refractivity contribution is 5.81. The zero-order valence-corrected chi connectivity index (χ0v) is 11.1. The number of carbonyl (C=O) groups is 1. The summed E-state index contributed by atoms with van der Waals surface area (Å²) in [6.07, 6.45) is 5.87. The van der Waals surface area contributed by atoms with Crippen molar-refractivity contribution in [3.8, 4) is 0 Å². The van der Waals surface area contributed by atoms with Crippen molar-refractivity contribution >= 4 is 5.78 Å². The quantitative estimate of drug-likeness (QED) is 0.606. The summed E-state index contributed by atoms with van der Waals surface area (Å²) >= 11 is 0. The first-order valence-corrected chi connectivity index (χ1v) is 6.81. The molecule has 3 saturated carbocycles. The maximum Gasteiger partial charge on any atom is 0.133 e. The van der Waals surface area contributed by atoms with Crippen LogP contribution < -0.4 is 0 Å². The number of carbonyl (C=O) groups excluding carboxylic acids is 1. The summed E-state index contributed by atoms with van der Waals surface area (Å²) in [6, 6.07) is 0. The molecule has 0 saturated heterocycles. The second-order valence-corrected chi connectivity index (χ2v) is 7.77. The van der Waals surface area contributed by atoms with Crippen molar-refractivity contribution in [2.45, 2.75) is 59.8 Å². The summed E-state index contributed by atoms with van der Waals surface area (Å²) in [5.74, 6) is 2.05. The van der Waals surface area contributed by atoms with Gasteiger partial charge in [0.25, 0.3) is 0 Å². The molecule has 0 N–H and O–H groups in total. The van der Waals surface area contributed by atoms with Gasteiger partial charge in [-0.1, -0.05) is 27.7 Å². The number of Topliss-reactive ketones (excluding diaryl/α,β-unsaturated/α-hetero) is 1. The first-order valence-electron chi connectivity index (χ1n) is 6.81. The lowest BCUT2D eigenvalue weighted by Crippen LogP contribution is -2.50. The Bertz CT molecular complexity index is 352. The van der Waals surface area contributed by atoms with E-state index in [9.17, 15) is 4.79 Å². The van der Waals surface area contributed by atoms with Gasteiger partial charge in [0.05, 0.1) is 0 Å². The Hall–Kier alpha value is -0.330. The average Bonchev–Trinajstić information content (AvgIpc) is 2.63. The Labute approximate surface area is 99.0 Å². The van der Waals surface area contributed by atoms with Crippen LogP contribution in [0.25, 0.3) is 0 Å². The summed E-state index contributed by atoms with van der Waals surface area (Å²) in [4.78, 5) is 12.0. The van der Waals surface area contributed by atoms with Crippen molar-refractivity contribution in [3.63, 3.8) is 0 Å². The van der Waals surface area contributed by atoms with Crippen LogP contribution in [0.1, 0.15) is 59.8 Å². The molecule has 3 rings (SSSR count). The van der Waals surface area contributed by atoms with Gasteiger partial charge in [-0.2, -0.15) is 0 Å². The van der Waals surface area contributed by atoms with E-state index >= 15 is 0 Å². The molecule has 1 heteroatoms. The van der Waals surface area contributed by atoms with Gasteiger partial charge in [-0.15, -0.1) is 0 Å². The van der Waals surface area contributed by atoms with E-state index in [1.165, 1.54) is 19.3 Å². The van der Waals surface area contributed by atoms with Crippen LogP contribution in [-0.2, 0) is 4.79 Å².